The quantitative estimate of drug-likeness (QED) is 0.865. The van der Waals surface area contributed by atoms with Crippen molar-refractivity contribution in [3.63, 3.8) is 0 Å². The van der Waals surface area contributed by atoms with Gasteiger partial charge in [0.1, 0.15) is 13.2 Å². The summed E-state index contributed by atoms with van der Waals surface area (Å²) in [6.07, 6.45) is -0.137. The normalized spacial score (nSPS) is 13.9. The van der Waals surface area contributed by atoms with Gasteiger partial charge < -0.3 is 14.6 Å². The zero-order valence-electron chi connectivity index (χ0n) is 11.2. The molecule has 2 rings (SSSR count). The third-order valence-corrected chi connectivity index (χ3v) is 3.43. The zero-order chi connectivity index (χ0) is 14.9. The van der Waals surface area contributed by atoms with Crippen molar-refractivity contribution < 1.29 is 24.2 Å². The van der Waals surface area contributed by atoms with Crippen LogP contribution in [0.5, 0.6) is 11.5 Å². The highest BCUT2D eigenvalue weighted by Crippen LogP contribution is 2.36. The monoisotopic (exact) mass is 298 g/mol. The minimum Gasteiger partial charge on any atom is -0.486 e. The fourth-order valence-corrected chi connectivity index (χ4v) is 2.11. The zero-order valence-corrected chi connectivity index (χ0v) is 12.0. The number of aliphatic carboxylic acids is 1. The van der Waals surface area contributed by atoms with Gasteiger partial charge in [0, 0.05) is 18.1 Å². The number of carboxylic acids is 1. The number of carboxylic acid groups (broad SMARTS) is 1. The Labute approximate surface area is 121 Å². The lowest BCUT2D eigenvalue weighted by atomic mass is 9.85. The molecule has 0 bridgehead atoms. The van der Waals surface area contributed by atoms with Crippen LogP contribution in [0.4, 0.5) is 0 Å². The van der Waals surface area contributed by atoms with Gasteiger partial charge in [-0.2, -0.15) is 0 Å². The molecule has 6 heteroatoms. The Hall–Kier alpha value is -1.75. The van der Waals surface area contributed by atoms with Crippen LogP contribution in [0.25, 0.3) is 0 Å². The van der Waals surface area contributed by atoms with Crippen LogP contribution in [0, 0.1) is 5.41 Å². The second kappa shape index (κ2) is 5.32. The van der Waals surface area contributed by atoms with Gasteiger partial charge >= 0.3 is 5.97 Å². The van der Waals surface area contributed by atoms with E-state index in [4.69, 9.17) is 26.2 Å². The molecule has 1 aromatic carbocycles. The number of rotatable bonds is 4. The Kier molecular flexibility index (Phi) is 3.90. The number of ketones is 1. The van der Waals surface area contributed by atoms with Gasteiger partial charge in [0.25, 0.3) is 0 Å². The van der Waals surface area contributed by atoms with Crippen LogP contribution in [0.2, 0.25) is 5.02 Å². The molecule has 1 N–H and O–H groups in total. The van der Waals surface area contributed by atoms with Crippen molar-refractivity contribution in [1.82, 2.24) is 0 Å². The number of Topliss-reactive ketones (excluding diaryl/α,β-unsaturated/α-hetero) is 1. The summed E-state index contributed by atoms with van der Waals surface area (Å²) >= 11 is 6.06. The van der Waals surface area contributed by atoms with Gasteiger partial charge in [-0.1, -0.05) is 11.6 Å². The second-order valence-electron chi connectivity index (χ2n) is 5.26. The van der Waals surface area contributed by atoms with Crippen LogP contribution in [0.1, 0.15) is 30.6 Å². The Bertz CT molecular complexity index is 565. The fraction of sp³-hybridized carbons (Fsp3) is 0.429. The number of fused-ring (bicyclic) bond motifs is 1. The number of hydrogen-bond donors (Lipinski definition) is 1. The van der Waals surface area contributed by atoms with Gasteiger partial charge in [-0.3, -0.25) is 9.59 Å². The Morgan fingerprint density at radius 1 is 1.25 bits per heavy atom. The van der Waals surface area contributed by atoms with E-state index in [-0.39, 0.29) is 22.8 Å². The Morgan fingerprint density at radius 3 is 2.35 bits per heavy atom. The largest absolute Gasteiger partial charge is 0.486 e. The van der Waals surface area contributed by atoms with Crippen LogP contribution < -0.4 is 9.47 Å². The van der Waals surface area contributed by atoms with Crippen LogP contribution >= 0.6 is 11.6 Å². The van der Waals surface area contributed by atoms with Gasteiger partial charge in [0.15, 0.2) is 17.3 Å². The van der Waals surface area contributed by atoms with Gasteiger partial charge in [0.2, 0.25) is 0 Å². The molecule has 0 saturated heterocycles. The first-order valence-electron chi connectivity index (χ1n) is 6.17. The lowest BCUT2D eigenvalue weighted by molar-refractivity contribution is -0.146. The molecule has 1 aromatic rings. The highest BCUT2D eigenvalue weighted by Gasteiger charge is 2.31. The molecular weight excluding hydrogens is 284 g/mol. The molecule has 0 saturated carbocycles. The molecule has 0 fully saturated rings. The molecule has 1 aliphatic heterocycles. The van der Waals surface area contributed by atoms with Crippen LogP contribution in [-0.2, 0) is 4.79 Å². The van der Waals surface area contributed by atoms with Crippen LogP contribution in [-0.4, -0.2) is 30.1 Å². The van der Waals surface area contributed by atoms with Crippen LogP contribution in [0.15, 0.2) is 12.1 Å². The van der Waals surface area contributed by atoms with Crippen molar-refractivity contribution >= 4 is 23.4 Å². The first kappa shape index (κ1) is 14.7. The van der Waals surface area contributed by atoms with E-state index in [1.54, 1.807) is 0 Å². The molecule has 1 aliphatic rings. The minimum absolute atomic E-state index is 0.137. The number of hydrogen-bond acceptors (Lipinski definition) is 4. The summed E-state index contributed by atoms with van der Waals surface area (Å²) in [6.45, 7) is 3.84. The van der Waals surface area contributed by atoms with Gasteiger partial charge in [-0.15, -0.1) is 0 Å². The molecule has 1 heterocycles. The van der Waals surface area contributed by atoms with E-state index < -0.39 is 11.4 Å². The molecule has 0 spiro atoms. The number of ether oxygens (including phenoxy) is 2. The van der Waals surface area contributed by atoms with Gasteiger partial charge in [-0.05, 0) is 19.9 Å². The Morgan fingerprint density at radius 2 is 1.80 bits per heavy atom. The summed E-state index contributed by atoms with van der Waals surface area (Å²) in [4.78, 5) is 23.3. The molecule has 0 aromatic heterocycles. The van der Waals surface area contributed by atoms with Crippen molar-refractivity contribution in [1.29, 1.82) is 0 Å². The van der Waals surface area contributed by atoms with Crippen molar-refractivity contribution in [2.24, 2.45) is 5.41 Å². The third-order valence-electron chi connectivity index (χ3n) is 3.11. The average molecular weight is 299 g/mol. The predicted octanol–water partition coefficient (Wildman–Crippen LogP) is 2.79. The topological polar surface area (TPSA) is 72.8 Å². The van der Waals surface area contributed by atoms with Crippen molar-refractivity contribution in [3.05, 3.63) is 22.7 Å². The molecule has 20 heavy (non-hydrogen) atoms. The molecule has 5 nitrogen and oxygen atoms in total. The smallest absolute Gasteiger partial charge is 0.309 e. The molecule has 0 atom stereocenters. The van der Waals surface area contributed by atoms with Crippen LogP contribution in [0.3, 0.4) is 0 Å². The van der Waals surface area contributed by atoms with E-state index in [0.717, 1.165) is 0 Å². The second-order valence-corrected chi connectivity index (χ2v) is 5.67. The SMILES string of the molecule is CC(C)(CC(=O)c1cc2c(cc1Cl)OCCO2)C(=O)O. The minimum atomic E-state index is -1.15. The number of benzene rings is 1. The molecule has 0 amide bonds. The summed E-state index contributed by atoms with van der Waals surface area (Å²) in [6, 6.07) is 3.04. The standard InChI is InChI=1S/C14H15ClO5/c1-14(2,13(17)18)7-10(16)8-5-11-12(6-9(8)15)20-4-3-19-11/h5-6H,3-4,7H2,1-2H3,(H,17,18). The Balaban J connectivity index is 2.28. The van der Waals surface area contributed by atoms with Crippen molar-refractivity contribution in [2.75, 3.05) is 13.2 Å². The molecular formula is C14H15ClO5. The fourth-order valence-electron chi connectivity index (χ4n) is 1.85. The van der Waals surface area contributed by atoms with E-state index in [0.29, 0.717) is 24.7 Å². The molecule has 0 radical (unpaired) electrons. The van der Waals surface area contributed by atoms with E-state index >= 15 is 0 Å². The summed E-state index contributed by atoms with van der Waals surface area (Å²) < 4.78 is 10.8. The van der Waals surface area contributed by atoms with Gasteiger partial charge in [-0.25, -0.2) is 0 Å². The predicted molar refractivity (Wildman–Crippen MR) is 72.8 cm³/mol. The highest BCUT2D eigenvalue weighted by atomic mass is 35.5. The number of halogens is 1. The maximum Gasteiger partial charge on any atom is 0.309 e. The molecule has 0 aliphatic carbocycles. The maximum absolute atomic E-state index is 12.2. The van der Waals surface area contributed by atoms with Gasteiger partial charge in [0.05, 0.1) is 10.4 Å². The highest BCUT2D eigenvalue weighted by molar-refractivity contribution is 6.34. The van der Waals surface area contributed by atoms with E-state index in [2.05, 4.69) is 0 Å². The summed E-state index contributed by atoms with van der Waals surface area (Å²) in [7, 11) is 0. The molecule has 0 unspecified atom stereocenters. The van der Waals surface area contributed by atoms with E-state index in [1.807, 2.05) is 0 Å². The number of carbonyl (C=O) groups is 2. The average Bonchev–Trinajstić information content (AvgIpc) is 2.37. The van der Waals surface area contributed by atoms with Crippen molar-refractivity contribution in [2.45, 2.75) is 20.3 Å². The maximum atomic E-state index is 12.2. The first-order valence-corrected chi connectivity index (χ1v) is 6.55. The lowest BCUT2D eigenvalue weighted by Crippen LogP contribution is -2.27. The third kappa shape index (κ3) is 2.88. The van der Waals surface area contributed by atoms with E-state index in [1.165, 1.54) is 26.0 Å². The van der Waals surface area contributed by atoms with E-state index in [9.17, 15) is 9.59 Å². The summed E-state index contributed by atoms with van der Waals surface area (Å²) in [5.74, 6) is -0.411. The summed E-state index contributed by atoms with van der Waals surface area (Å²) in [5, 5.41) is 9.31. The molecule has 108 valence electrons. The number of carbonyl (C=O) groups excluding carboxylic acids is 1. The lowest BCUT2D eigenvalue weighted by Gasteiger charge is -2.21. The first-order chi connectivity index (χ1) is 9.31. The summed E-state index contributed by atoms with van der Waals surface area (Å²) in [5.41, 5.74) is -0.890. The van der Waals surface area contributed by atoms with Crippen molar-refractivity contribution in [3.8, 4) is 11.5 Å².